The molecular weight excluding hydrogens is 529 g/mol. The fraction of sp³-hybridized carbons (Fsp3) is 0.357. The van der Waals surface area contributed by atoms with Gasteiger partial charge in [-0.1, -0.05) is 12.1 Å². The first-order valence-electron chi connectivity index (χ1n) is 11.8. The van der Waals surface area contributed by atoms with Crippen molar-refractivity contribution >= 4 is 27.7 Å². The van der Waals surface area contributed by atoms with Crippen LogP contribution >= 0.6 is 15.9 Å². The molecule has 0 spiro atoms. The Morgan fingerprint density at radius 2 is 1.75 bits per heavy atom. The number of carbonyl (C=O) groups excluding carboxylic acids is 2. The smallest absolute Gasteiger partial charge is 0.337 e. The lowest BCUT2D eigenvalue weighted by molar-refractivity contribution is -0.143. The first kappa shape index (κ1) is 25.9. The number of halogens is 2. The zero-order valence-electron chi connectivity index (χ0n) is 20.9. The summed E-state index contributed by atoms with van der Waals surface area (Å²) in [5, 5.41) is 3.33. The minimum Gasteiger partial charge on any atom is -0.493 e. The number of hydrogen-bond donors (Lipinski definition) is 1. The number of methoxy groups -OCH3 is 2. The molecule has 190 valence electrons. The lowest BCUT2D eigenvalue weighted by Crippen LogP contribution is -2.36. The van der Waals surface area contributed by atoms with Gasteiger partial charge in [0, 0.05) is 29.3 Å². The van der Waals surface area contributed by atoms with Crippen LogP contribution in [-0.4, -0.2) is 32.1 Å². The molecule has 8 heteroatoms. The molecule has 0 saturated heterocycles. The van der Waals surface area contributed by atoms with Gasteiger partial charge in [0.2, 0.25) is 0 Å². The highest BCUT2D eigenvalue weighted by atomic mass is 79.9. The molecule has 0 radical (unpaired) electrons. The van der Waals surface area contributed by atoms with E-state index in [1.165, 1.54) is 6.07 Å². The van der Waals surface area contributed by atoms with Gasteiger partial charge in [-0.25, -0.2) is 9.18 Å². The van der Waals surface area contributed by atoms with E-state index in [-0.39, 0.29) is 28.7 Å². The van der Waals surface area contributed by atoms with Crippen molar-refractivity contribution in [3.63, 3.8) is 0 Å². The van der Waals surface area contributed by atoms with E-state index in [0.29, 0.717) is 40.3 Å². The predicted octanol–water partition coefficient (Wildman–Crippen LogP) is 5.92. The van der Waals surface area contributed by atoms with Crippen LogP contribution in [-0.2, 0) is 14.3 Å². The van der Waals surface area contributed by atoms with Gasteiger partial charge in [-0.05, 0) is 84.4 Å². The zero-order valence-corrected chi connectivity index (χ0v) is 22.5. The maximum absolute atomic E-state index is 14.1. The van der Waals surface area contributed by atoms with Crippen LogP contribution in [0.2, 0.25) is 0 Å². The molecule has 4 rings (SSSR count). The maximum atomic E-state index is 14.1. The third-order valence-corrected chi connectivity index (χ3v) is 7.15. The molecule has 0 amide bonds. The number of esters is 1. The molecule has 36 heavy (non-hydrogen) atoms. The highest BCUT2D eigenvalue weighted by molar-refractivity contribution is 9.10. The van der Waals surface area contributed by atoms with Crippen molar-refractivity contribution in [2.24, 2.45) is 0 Å². The summed E-state index contributed by atoms with van der Waals surface area (Å²) in [6.45, 7) is 5.35. The molecule has 0 fully saturated rings. The summed E-state index contributed by atoms with van der Waals surface area (Å²) in [4.78, 5) is 26.9. The molecule has 1 heterocycles. The molecule has 0 unspecified atom stereocenters. The van der Waals surface area contributed by atoms with E-state index in [4.69, 9.17) is 14.2 Å². The van der Waals surface area contributed by atoms with Gasteiger partial charge < -0.3 is 19.5 Å². The van der Waals surface area contributed by atoms with Crippen molar-refractivity contribution in [3.8, 4) is 11.5 Å². The summed E-state index contributed by atoms with van der Waals surface area (Å²) in [7, 11) is 3.16. The van der Waals surface area contributed by atoms with E-state index in [9.17, 15) is 14.0 Å². The Morgan fingerprint density at radius 1 is 1.06 bits per heavy atom. The number of dihydropyridines is 1. The standard InChI is InChI=1S/C28H29BrFNO5/c1-14(2)36-28(33)25-15(3)31-21-11-18(16-7-9-23(34-4)24(13-16)35-5)12-22(32)27(21)26(25)17-6-8-20(30)19(29)10-17/h6-10,13-14,18,26,31H,11-12H2,1-5H3/t18-,26-/m1/s1. The quantitative estimate of drug-likeness (QED) is 0.444. The van der Waals surface area contributed by atoms with E-state index in [2.05, 4.69) is 21.2 Å². The Morgan fingerprint density at radius 3 is 2.39 bits per heavy atom. The van der Waals surface area contributed by atoms with Crippen molar-refractivity contribution in [1.82, 2.24) is 5.32 Å². The van der Waals surface area contributed by atoms with E-state index in [0.717, 1.165) is 11.3 Å². The van der Waals surface area contributed by atoms with Crippen LogP contribution in [0.1, 0.15) is 56.6 Å². The summed E-state index contributed by atoms with van der Waals surface area (Å²) in [5.74, 6) is -0.518. The molecule has 2 aliphatic rings. The molecule has 1 aliphatic heterocycles. The summed E-state index contributed by atoms with van der Waals surface area (Å²) in [6.07, 6.45) is 0.505. The number of Topliss-reactive ketones (excluding diaryl/α,β-unsaturated/α-hetero) is 1. The Labute approximate surface area is 218 Å². The van der Waals surface area contributed by atoms with Gasteiger partial charge in [-0.3, -0.25) is 4.79 Å². The molecule has 6 nitrogen and oxygen atoms in total. The van der Waals surface area contributed by atoms with Gasteiger partial charge in [0.05, 0.1) is 30.4 Å². The predicted molar refractivity (Wildman–Crippen MR) is 137 cm³/mol. The average molecular weight is 558 g/mol. The first-order valence-corrected chi connectivity index (χ1v) is 12.6. The minimum absolute atomic E-state index is 0.0728. The second-order valence-electron chi connectivity index (χ2n) is 9.26. The highest BCUT2D eigenvalue weighted by Gasteiger charge is 2.41. The monoisotopic (exact) mass is 557 g/mol. The van der Waals surface area contributed by atoms with Crippen molar-refractivity contribution < 1.29 is 28.2 Å². The number of carbonyl (C=O) groups is 2. The third kappa shape index (κ3) is 4.91. The fourth-order valence-corrected chi connectivity index (χ4v) is 5.35. The molecule has 2 aromatic rings. The lowest BCUT2D eigenvalue weighted by atomic mass is 9.71. The molecule has 0 aromatic heterocycles. The largest absolute Gasteiger partial charge is 0.493 e. The van der Waals surface area contributed by atoms with Gasteiger partial charge in [-0.2, -0.15) is 0 Å². The average Bonchev–Trinajstić information content (AvgIpc) is 2.83. The van der Waals surface area contributed by atoms with Gasteiger partial charge in [0.15, 0.2) is 17.3 Å². The fourth-order valence-electron chi connectivity index (χ4n) is 4.95. The van der Waals surface area contributed by atoms with Crippen LogP contribution < -0.4 is 14.8 Å². The lowest BCUT2D eigenvalue weighted by Gasteiger charge is -2.37. The van der Waals surface area contributed by atoms with Crippen LogP contribution in [0.5, 0.6) is 11.5 Å². The normalized spacial score (nSPS) is 19.7. The van der Waals surface area contributed by atoms with E-state index >= 15 is 0 Å². The van der Waals surface area contributed by atoms with Gasteiger partial charge in [-0.15, -0.1) is 0 Å². The number of ketones is 1. The Balaban J connectivity index is 1.79. The van der Waals surface area contributed by atoms with Crippen LogP contribution in [0, 0.1) is 5.82 Å². The van der Waals surface area contributed by atoms with Gasteiger partial charge >= 0.3 is 5.97 Å². The summed E-state index contributed by atoms with van der Waals surface area (Å²) in [5.41, 5.74) is 3.86. The molecule has 1 N–H and O–H groups in total. The molecule has 2 aromatic carbocycles. The zero-order chi connectivity index (χ0) is 26.1. The molecular formula is C28H29BrFNO5. The van der Waals surface area contributed by atoms with Crippen molar-refractivity contribution in [2.45, 2.75) is 51.6 Å². The van der Waals surface area contributed by atoms with Crippen LogP contribution in [0.4, 0.5) is 4.39 Å². The number of rotatable bonds is 6. The van der Waals surface area contributed by atoms with Gasteiger partial charge in [0.1, 0.15) is 5.82 Å². The van der Waals surface area contributed by atoms with Crippen molar-refractivity contribution in [1.29, 1.82) is 0 Å². The Bertz CT molecular complexity index is 1280. The number of hydrogen-bond acceptors (Lipinski definition) is 6. The van der Waals surface area contributed by atoms with Crippen molar-refractivity contribution in [3.05, 3.63) is 80.4 Å². The Kier molecular flexibility index (Phi) is 7.54. The number of benzene rings is 2. The second-order valence-corrected chi connectivity index (χ2v) is 10.1. The third-order valence-electron chi connectivity index (χ3n) is 6.55. The summed E-state index contributed by atoms with van der Waals surface area (Å²) < 4.78 is 30.7. The molecule has 1 aliphatic carbocycles. The van der Waals surface area contributed by atoms with E-state index in [1.807, 2.05) is 18.2 Å². The molecule has 0 bridgehead atoms. The maximum Gasteiger partial charge on any atom is 0.337 e. The SMILES string of the molecule is COc1ccc([C@H]2CC(=O)C3=C(C2)NC(C)=C(C(=O)OC(C)C)[C@H]3c2ccc(F)c(Br)c2)cc1OC. The first-order chi connectivity index (χ1) is 17.1. The van der Waals surface area contributed by atoms with E-state index in [1.54, 1.807) is 47.1 Å². The van der Waals surface area contributed by atoms with Crippen LogP contribution in [0.25, 0.3) is 0 Å². The van der Waals surface area contributed by atoms with Crippen LogP contribution in [0.3, 0.4) is 0 Å². The van der Waals surface area contributed by atoms with Gasteiger partial charge in [0.25, 0.3) is 0 Å². The number of nitrogens with one attached hydrogen (secondary N) is 1. The number of allylic oxidation sites excluding steroid dienone is 3. The topological polar surface area (TPSA) is 73.9 Å². The van der Waals surface area contributed by atoms with Crippen LogP contribution in [0.15, 0.2) is 63.4 Å². The van der Waals surface area contributed by atoms with Crippen molar-refractivity contribution in [2.75, 3.05) is 14.2 Å². The summed E-state index contributed by atoms with van der Waals surface area (Å²) >= 11 is 3.25. The molecule has 2 atom stereocenters. The number of ether oxygens (including phenoxy) is 3. The molecule has 0 saturated carbocycles. The highest BCUT2D eigenvalue weighted by Crippen LogP contribution is 2.47. The Hall–Kier alpha value is -3.13. The summed E-state index contributed by atoms with van der Waals surface area (Å²) in [6, 6.07) is 10.2. The second kappa shape index (κ2) is 10.5. The minimum atomic E-state index is -0.664. The van der Waals surface area contributed by atoms with E-state index < -0.39 is 17.7 Å².